The molecule has 1 heterocycles. The first kappa shape index (κ1) is 28.4. The molecule has 2 aromatic carbocycles. The van der Waals surface area contributed by atoms with Crippen molar-refractivity contribution in [2.45, 2.75) is 75.4 Å². The second kappa shape index (κ2) is 12.1. The Hall–Kier alpha value is -2.62. The fourth-order valence-electron chi connectivity index (χ4n) is 4.95. The van der Waals surface area contributed by atoms with E-state index in [9.17, 15) is 22.8 Å². The van der Waals surface area contributed by atoms with E-state index in [1.54, 1.807) is 37.3 Å². The number of hydrogen-bond acceptors (Lipinski definition) is 5. The molecule has 3 amide bonds. The summed E-state index contributed by atoms with van der Waals surface area (Å²) < 4.78 is 26.5. The van der Waals surface area contributed by atoms with Crippen LogP contribution in [0, 0.1) is 0 Å². The number of carbonyl (C=O) groups is 3. The normalized spacial score (nSPS) is 17.7. The summed E-state index contributed by atoms with van der Waals surface area (Å²) in [6, 6.07) is 10.3. The average Bonchev–Trinajstić information content (AvgIpc) is 3.09. The van der Waals surface area contributed by atoms with Gasteiger partial charge in [0.05, 0.1) is 5.56 Å². The van der Waals surface area contributed by atoms with Crippen LogP contribution in [0.5, 0.6) is 0 Å². The van der Waals surface area contributed by atoms with Gasteiger partial charge in [-0.15, -0.1) is 0 Å². The van der Waals surface area contributed by atoms with Gasteiger partial charge in [0.15, 0.2) is 0 Å². The molecule has 11 heteroatoms. The number of carbonyl (C=O) groups excluding carboxylic acids is 3. The number of nitrogens with one attached hydrogen (secondary N) is 1. The molecule has 2 aromatic rings. The van der Waals surface area contributed by atoms with Crippen LogP contribution in [0.4, 0.5) is 0 Å². The average molecular weight is 581 g/mol. The van der Waals surface area contributed by atoms with Crippen molar-refractivity contribution >= 4 is 50.9 Å². The second-order valence-electron chi connectivity index (χ2n) is 9.76. The van der Waals surface area contributed by atoms with Crippen molar-refractivity contribution in [3.63, 3.8) is 0 Å². The Morgan fingerprint density at radius 1 is 1.11 bits per heavy atom. The van der Waals surface area contributed by atoms with Gasteiger partial charge in [-0.2, -0.15) is 0 Å². The number of sulfonamides is 1. The molecule has 1 unspecified atom stereocenters. The molecule has 8 nitrogen and oxygen atoms in total. The Morgan fingerprint density at radius 2 is 1.82 bits per heavy atom. The maximum Gasteiger partial charge on any atom is 0.269 e. The first-order valence-corrected chi connectivity index (χ1v) is 15.0. The van der Waals surface area contributed by atoms with Crippen LogP contribution in [-0.4, -0.2) is 54.0 Å². The number of amides is 3. The van der Waals surface area contributed by atoms with Crippen molar-refractivity contribution in [2.24, 2.45) is 0 Å². The molecule has 38 heavy (non-hydrogen) atoms. The molecule has 4 rings (SSSR count). The van der Waals surface area contributed by atoms with Gasteiger partial charge in [-0.25, -0.2) is 12.7 Å². The van der Waals surface area contributed by atoms with Gasteiger partial charge < -0.3 is 10.2 Å². The molecule has 1 N–H and O–H groups in total. The third-order valence-electron chi connectivity index (χ3n) is 7.14. The lowest BCUT2D eigenvalue weighted by atomic mass is 9.95. The lowest BCUT2D eigenvalue weighted by molar-refractivity contribution is -0.141. The van der Waals surface area contributed by atoms with E-state index in [2.05, 4.69) is 5.32 Å². The molecule has 1 atom stereocenters. The van der Waals surface area contributed by atoms with E-state index < -0.39 is 22.0 Å². The van der Waals surface area contributed by atoms with Gasteiger partial charge >= 0.3 is 0 Å². The highest BCUT2D eigenvalue weighted by molar-refractivity contribution is 7.90. The van der Waals surface area contributed by atoms with Crippen molar-refractivity contribution in [3.05, 3.63) is 63.6 Å². The van der Waals surface area contributed by atoms with Crippen molar-refractivity contribution in [1.29, 1.82) is 0 Å². The molecule has 1 fully saturated rings. The first-order valence-electron chi connectivity index (χ1n) is 12.8. The van der Waals surface area contributed by atoms with Crippen molar-refractivity contribution in [2.75, 3.05) is 6.54 Å². The van der Waals surface area contributed by atoms with Gasteiger partial charge in [-0.1, -0.05) is 60.7 Å². The van der Waals surface area contributed by atoms with Gasteiger partial charge in [0.25, 0.3) is 15.9 Å². The number of fused-ring (bicyclic) bond motifs is 1. The first-order chi connectivity index (χ1) is 18.1. The highest BCUT2D eigenvalue weighted by Crippen LogP contribution is 2.30. The van der Waals surface area contributed by atoms with Crippen molar-refractivity contribution in [3.8, 4) is 0 Å². The van der Waals surface area contributed by atoms with Crippen molar-refractivity contribution in [1.82, 2.24) is 14.5 Å². The van der Waals surface area contributed by atoms with E-state index in [0.717, 1.165) is 36.4 Å². The molecule has 1 aliphatic carbocycles. The Bertz CT molecular complexity index is 1330. The van der Waals surface area contributed by atoms with Crippen molar-refractivity contribution < 1.29 is 22.8 Å². The number of rotatable bonds is 9. The molecule has 0 aromatic heterocycles. The third kappa shape index (κ3) is 6.16. The predicted molar refractivity (Wildman–Crippen MR) is 145 cm³/mol. The molecule has 0 saturated heterocycles. The number of benzene rings is 2. The van der Waals surface area contributed by atoms with E-state index in [1.165, 1.54) is 17.0 Å². The molecule has 0 spiro atoms. The monoisotopic (exact) mass is 579 g/mol. The van der Waals surface area contributed by atoms with Crippen LogP contribution in [-0.2, 0) is 26.2 Å². The highest BCUT2D eigenvalue weighted by Gasteiger charge is 2.40. The largest absolute Gasteiger partial charge is 0.352 e. The summed E-state index contributed by atoms with van der Waals surface area (Å²) in [6.45, 7) is 1.62. The lowest BCUT2D eigenvalue weighted by Crippen LogP contribution is -2.50. The zero-order chi connectivity index (χ0) is 27.4. The number of halogens is 2. The Kier molecular flexibility index (Phi) is 9.00. The Balaban J connectivity index is 1.46. The predicted octanol–water partition coefficient (Wildman–Crippen LogP) is 4.78. The summed E-state index contributed by atoms with van der Waals surface area (Å²) in [5.74, 6) is -1.19. The smallest absolute Gasteiger partial charge is 0.269 e. The molecule has 0 radical (unpaired) electrons. The standard InChI is InChI=1S/C27H31Cl2N3O5S/c1-18(26(34)30-21-8-3-2-4-9-21)31(17-19-13-14-20(28)16-23(19)29)25(33)12-7-15-32-27(35)22-10-5-6-11-24(22)38(32,36)37/h5-6,10-11,13-14,16,18,21H,2-4,7-9,12,15,17H2,1H3,(H,30,34). The van der Waals surface area contributed by atoms with E-state index in [4.69, 9.17) is 23.2 Å². The SMILES string of the molecule is CC(C(=O)NC1CCCCC1)N(Cc1ccc(Cl)cc1Cl)C(=O)CCCN1C(=O)c2ccccc2S1(=O)=O. The van der Waals surface area contributed by atoms with Crippen LogP contribution in [0.2, 0.25) is 10.0 Å². The summed E-state index contributed by atoms with van der Waals surface area (Å²) in [5.41, 5.74) is 0.764. The maximum atomic E-state index is 13.4. The van der Waals surface area contributed by atoms with Crippen LogP contribution in [0.3, 0.4) is 0 Å². The van der Waals surface area contributed by atoms with Gasteiger partial charge in [-0.3, -0.25) is 14.4 Å². The van der Waals surface area contributed by atoms with Gasteiger partial charge in [-0.05, 0) is 56.0 Å². The van der Waals surface area contributed by atoms with Gasteiger partial charge in [0.1, 0.15) is 10.9 Å². The molecule has 1 saturated carbocycles. The summed E-state index contributed by atoms with van der Waals surface area (Å²) in [6.07, 6.45) is 5.16. The van der Waals surface area contributed by atoms with Crippen LogP contribution in [0.25, 0.3) is 0 Å². The Morgan fingerprint density at radius 3 is 2.50 bits per heavy atom. The minimum absolute atomic E-state index is 0.0247. The fraction of sp³-hybridized carbons (Fsp3) is 0.444. The zero-order valence-electron chi connectivity index (χ0n) is 21.2. The van der Waals surface area contributed by atoms with Crippen LogP contribution in [0.15, 0.2) is 47.4 Å². The topological polar surface area (TPSA) is 104 Å². The molecule has 2 aliphatic rings. The third-order valence-corrected chi connectivity index (χ3v) is 9.57. The van der Waals surface area contributed by atoms with Crippen LogP contribution in [0.1, 0.15) is 67.8 Å². The second-order valence-corrected chi connectivity index (χ2v) is 12.4. The molecular formula is C27H31Cl2N3O5S. The molecular weight excluding hydrogens is 549 g/mol. The quantitative estimate of drug-likeness (QED) is 0.460. The minimum Gasteiger partial charge on any atom is -0.352 e. The molecule has 204 valence electrons. The number of hydrogen-bond donors (Lipinski definition) is 1. The van der Waals surface area contributed by atoms with Crippen LogP contribution >= 0.6 is 23.2 Å². The van der Waals surface area contributed by atoms with E-state index in [0.29, 0.717) is 15.6 Å². The van der Waals surface area contributed by atoms with E-state index >= 15 is 0 Å². The van der Waals surface area contributed by atoms with E-state index in [1.807, 2.05) is 0 Å². The van der Waals surface area contributed by atoms with Gasteiger partial charge in [0.2, 0.25) is 11.8 Å². The van der Waals surface area contributed by atoms with E-state index in [-0.39, 0.29) is 54.2 Å². The molecule has 1 aliphatic heterocycles. The molecule has 0 bridgehead atoms. The lowest BCUT2D eigenvalue weighted by Gasteiger charge is -2.31. The maximum absolute atomic E-state index is 13.4. The Labute approximate surface area is 233 Å². The van der Waals surface area contributed by atoms with Gasteiger partial charge in [0, 0.05) is 35.6 Å². The minimum atomic E-state index is -3.95. The summed E-state index contributed by atoms with van der Waals surface area (Å²) >= 11 is 12.4. The summed E-state index contributed by atoms with van der Waals surface area (Å²) in [4.78, 5) is 40.7. The summed E-state index contributed by atoms with van der Waals surface area (Å²) in [7, 11) is -3.95. The fourth-order valence-corrected chi connectivity index (χ4v) is 7.03. The summed E-state index contributed by atoms with van der Waals surface area (Å²) in [5, 5.41) is 3.90. The number of nitrogens with zero attached hydrogens (tertiary/aromatic N) is 2. The van der Waals surface area contributed by atoms with Crippen LogP contribution < -0.4 is 5.32 Å². The highest BCUT2D eigenvalue weighted by atomic mass is 35.5. The zero-order valence-corrected chi connectivity index (χ0v) is 23.5.